The fourth-order valence-electron chi connectivity index (χ4n) is 3.44. The van der Waals surface area contributed by atoms with Crippen LogP contribution in [-0.4, -0.2) is 29.1 Å². The minimum absolute atomic E-state index is 0.133. The molecule has 2 aromatic carbocycles. The van der Waals surface area contributed by atoms with E-state index in [1.165, 1.54) is 0 Å². The van der Waals surface area contributed by atoms with Crippen LogP contribution in [0, 0.1) is 6.92 Å². The number of carboxylic acids is 1. The van der Waals surface area contributed by atoms with Gasteiger partial charge in [-0.3, -0.25) is 4.79 Å². The number of anilines is 1. The molecule has 0 atom stereocenters. The molecule has 0 spiro atoms. The Hall–Kier alpha value is -3.80. The summed E-state index contributed by atoms with van der Waals surface area (Å²) in [5.41, 5.74) is 4.93. The average Bonchev–Trinajstić information content (AvgIpc) is 3.21. The first-order valence-corrected chi connectivity index (χ1v) is 8.71. The van der Waals surface area contributed by atoms with E-state index in [1.54, 1.807) is 26.2 Å². The van der Waals surface area contributed by atoms with E-state index in [9.17, 15) is 14.7 Å². The fourth-order valence-corrected chi connectivity index (χ4v) is 3.44. The zero-order chi connectivity index (χ0) is 19.8. The highest BCUT2D eigenvalue weighted by molar-refractivity contribution is 6.36. The van der Waals surface area contributed by atoms with Crippen LogP contribution in [0.5, 0.6) is 5.75 Å². The van der Waals surface area contributed by atoms with Gasteiger partial charge in [0.1, 0.15) is 5.75 Å². The molecule has 3 aromatic rings. The molecular weight excluding hydrogens is 356 g/mol. The fraction of sp³-hybridized carbons (Fsp3) is 0.0909. The summed E-state index contributed by atoms with van der Waals surface area (Å²) in [5, 5.41) is 12.3. The molecule has 1 aliphatic rings. The number of ether oxygens (including phenoxy) is 1. The van der Waals surface area contributed by atoms with E-state index in [2.05, 4.69) is 10.3 Å². The first-order chi connectivity index (χ1) is 13.5. The second kappa shape index (κ2) is 6.74. The summed E-state index contributed by atoms with van der Waals surface area (Å²) in [6, 6.07) is 14.8. The number of carbonyl (C=O) groups excluding carboxylic acids is 1. The second-order valence-electron chi connectivity index (χ2n) is 6.55. The molecule has 1 aliphatic heterocycles. The van der Waals surface area contributed by atoms with Crippen LogP contribution >= 0.6 is 0 Å². The molecule has 28 heavy (non-hydrogen) atoms. The standard InChI is InChI=1S/C22H18N2O4/c1-12-10-16(22(26)27)19(23-12)11-17-20-15(4-3-5-18(20)24-21(17)25)13-6-8-14(28-2)9-7-13/h3-11,23H,1-2H3,(H,24,25)(H,26,27). The van der Waals surface area contributed by atoms with Crippen LogP contribution in [0.15, 0.2) is 48.5 Å². The molecule has 6 heteroatoms. The number of rotatable bonds is 4. The molecule has 4 rings (SSSR count). The Labute approximate surface area is 161 Å². The number of carboxylic acid groups (broad SMARTS) is 1. The van der Waals surface area contributed by atoms with Crippen molar-refractivity contribution < 1.29 is 19.4 Å². The van der Waals surface area contributed by atoms with E-state index in [0.29, 0.717) is 22.6 Å². The number of benzene rings is 2. The minimum atomic E-state index is -1.04. The summed E-state index contributed by atoms with van der Waals surface area (Å²) in [4.78, 5) is 27.2. The molecule has 2 heterocycles. The lowest BCUT2D eigenvalue weighted by Gasteiger charge is -2.09. The third-order valence-electron chi connectivity index (χ3n) is 4.73. The van der Waals surface area contributed by atoms with Gasteiger partial charge >= 0.3 is 5.97 Å². The van der Waals surface area contributed by atoms with Gasteiger partial charge in [-0.2, -0.15) is 0 Å². The topological polar surface area (TPSA) is 91.4 Å². The van der Waals surface area contributed by atoms with Gasteiger partial charge < -0.3 is 20.1 Å². The van der Waals surface area contributed by atoms with E-state index in [0.717, 1.165) is 22.4 Å². The number of aromatic nitrogens is 1. The number of fused-ring (bicyclic) bond motifs is 1. The SMILES string of the molecule is COc1ccc(-c2cccc3c2C(=Cc2[nH]c(C)cc2C(=O)O)C(=O)N3)cc1. The van der Waals surface area contributed by atoms with Crippen molar-refractivity contribution in [3.8, 4) is 16.9 Å². The second-order valence-corrected chi connectivity index (χ2v) is 6.55. The highest BCUT2D eigenvalue weighted by atomic mass is 16.5. The molecule has 140 valence electrons. The van der Waals surface area contributed by atoms with Crippen molar-refractivity contribution in [2.45, 2.75) is 6.92 Å². The molecule has 0 saturated heterocycles. The molecule has 0 aliphatic carbocycles. The molecule has 3 N–H and O–H groups in total. The number of aryl methyl sites for hydroxylation is 1. The number of aromatic amines is 1. The van der Waals surface area contributed by atoms with Crippen LogP contribution in [0.1, 0.15) is 27.3 Å². The lowest BCUT2D eigenvalue weighted by atomic mass is 9.94. The largest absolute Gasteiger partial charge is 0.497 e. The summed E-state index contributed by atoms with van der Waals surface area (Å²) >= 11 is 0. The normalized spacial score (nSPS) is 14.1. The zero-order valence-corrected chi connectivity index (χ0v) is 15.4. The number of hydrogen-bond donors (Lipinski definition) is 3. The summed E-state index contributed by atoms with van der Waals surface area (Å²) in [7, 11) is 1.61. The van der Waals surface area contributed by atoms with Crippen molar-refractivity contribution in [1.29, 1.82) is 0 Å². The van der Waals surface area contributed by atoms with Gasteiger partial charge in [-0.25, -0.2) is 4.79 Å². The van der Waals surface area contributed by atoms with Crippen LogP contribution in [0.2, 0.25) is 0 Å². The van der Waals surface area contributed by atoms with Gasteiger partial charge in [0.05, 0.1) is 23.9 Å². The molecule has 0 saturated carbocycles. The lowest BCUT2D eigenvalue weighted by molar-refractivity contribution is -0.110. The van der Waals surface area contributed by atoms with Crippen molar-refractivity contribution in [1.82, 2.24) is 4.98 Å². The number of aromatic carboxylic acids is 1. The summed E-state index contributed by atoms with van der Waals surface area (Å²) in [6.07, 6.45) is 1.60. The predicted molar refractivity (Wildman–Crippen MR) is 107 cm³/mol. The van der Waals surface area contributed by atoms with E-state index in [4.69, 9.17) is 4.74 Å². The first kappa shape index (κ1) is 17.6. The lowest BCUT2D eigenvalue weighted by Crippen LogP contribution is -2.04. The maximum atomic E-state index is 12.6. The van der Waals surface area contributed by atoms with Gasteiger partial charge in [-0.1, -0.05) is 24.3 Å². The van der Waals surface area contributed by atoms with Crippen LogP contribution in [0.4, 0.5) is 5.69 Å². The number of nitrogens with one attached hydrogen (secondary N) is 2. The van der Waals surface area contributed by atoms with Crippen LogP contribution in [-0.2, 0) is 4.79 Å². The van der Waals surface area contributed by atoms with Crippen molar-refractivity contribution in [2.75, 3.05) is 12.4 Å². The summed E-state index contributed by atoms with van der Waals surface area (Å²) in [5.74, 6) is -0.563. The molecule has 0 bridgehead atoms. The van der Waals surface area contributed by atoms with Gasteiger partial charge in [-0.15, -0.1) is 0 Å². The van der Waals surface area contributed by atoms with Crippen molar-refractivity contribution in [2.24, 2.45) is 0 Å². The van der Waals surface area contributed by atoms with Gasteiger partial charge in [0.2, 0.25) is 0 Å². The van der Waals surface area contributed by atoms with Crippen LogP contribution < -0.4 is 10.1 Å². The molecule has 1 aromatic heterocycles. The van der Waals surface area contributed by atoms with E-state index in [-0.39, 0.29) is 11.5 Å². The Morgan fingerprint density at radius 1 is 1.14 bits per heavy atom. The average molecular weight is 374 g/mol. The van der Waals surface area contributed by atoms with Gasteiger partial charge in [0.25, 0.3) is 5.91 Å². The van der Waals surface area contributed by atoms with Gasteiger partial charge in [0.15, 0.2) is 0 Å². The third kappa shape index (κ3) is 2.95. The smallest absolute Gasteiger partial charge is 0.337 e. The number of carbonyl (C=O) groups is 2. The maximum Gasteiger partial charge on any atom is 0.337 e. The number of amides is 1. The molecule has 0 radical (unpaired) electrons. The quantitative estimate of drug-likeness (QED) is 0.597. The zero-order valence-electron chi connectivity index (χ0n) is 15.4. The van der Waals surface area contributed by atoms with Crippen molar-refractivity contribution in [3.05, 3.63) is 71.0 Å². The third-order valence-corrected chi connectivity index (χ3v) is 4.73. The summed E-state index contributed by atoms with van der Waals surface area (Å²) < 4.78 is 5.22. The Morgan fingerprint density at radius 2 is 1.89 bits per heavy atom. The Kier molecular flexibility index (Phi) is 4.24. The maximum absolute atomic E-state index is 12.6. The predicted octanol–water partition coefficient (Wildman–Crippen LogP) is 4.19. The van der Waals surface area contributed by atoms with Gasteiger partial charge in [0, 0.05) is 16.9 Å². The van der Waals surface area contributed by atoms with Crippen molar-refractivity contribution in [3.63, 3.8) is 0 Å². The molecule has 6 nitrogen and oxygen atoms in total. The Bertz CT molecular complexity index is 1120. The van der Waals surface area contributed by atoms with Crippen molar-refractivity contribution >= 4 is 29.2 Å². The van der Waals surface area contributed by atoms with E-state index >= 15 is 0 Å². The van der Waals surface area contributed by atoms with Crippen LogP contribution in [0.25, 0.3) is 22.8 Å². The number of hydrogen-bond acceptors (Lipinski definition) is 3. The number of methoxy groups -OCH3 is 1. The number of H-pyrrole nitrogens is 1. The molecule has 1 amide bonds. The van der Waals surface area contributed by atoms with E-state index < -0.39 is 5.97 Å². The Balaban J connectivity index is 1.88. The first-order valence-electron chi connectivity index (χ1n) is 8.71. The summed E-state index contributed by atoms with van der Waals surface area (Å²) in [6.45, 7) is 1.78. The molecular formula is C22H18N2O4. The molecule has 0 fully saturated rings. The minimum Gasteiger partial charge on any atom is -0.497 e. The van der Waals surface area contributed by atoms with E-state index in [1.807, 2.05) is 42.5 Å². The highest BCUT2D eigenvalue weighted by Crippen LogP contribution is 2.40. The Morgan fingerprint density at radius 3 is 2.57 bits per heavy atom. The molecule has 0 unspecified atom stereocenters. The monoisotopic (exact) mass is 374 g/mol. The van der Waals surface area contributed by atoms with Gasteiger partial charge in [-0.05, 0) is 48.4 Å². The van der Waals surface area contributed by atoms with Crippen LogP contribution in [0.3, 0.4) is 0 Å². The highest BCUT2D eigenvalue weighted by Gasteiger charge is 2.28.